The number of aryl methyl sites for hydroxylation is 1. The van der Waals surface area contributed by atoms with E-state index in [4.69, 9.17) is 4.42 Å². The Morgan fingerprint density at radius 2 is 1.93 bits per heavy atom. The van der Waals surface area contributed by atoms with Crippen LogP contribution in [0.4, 0.5) is 0 Å². The van der Waals surface area contributed by atoms with E-state index < -0.39 is 0 Å². The van der Waals surface area contributed by atoms with Gasteiger partial charge in [-0.1, -0.05) is 30.4 Å². The molecule has 0 bridgehead atoms. The highest BCUT2D eigenvalue weighted by Gasteiger charge is 2.32. The van der Waals surface area contributed by atoms with Crippen LogP contribution in [0.1, 0.15) is 40.3 Å². The van der Waals surface area contributed by atoms with E-state index in [1.54, 1.807) is 6.26 Å². The number of benzene rings is 1. The normalized spacial score (nSPS) is 16.8. The first-order valence-corrected chi connectivity index (χ1v) is 10.2. The monoisotopic (exact) mass is 405 g/mol. The molecule has 156 valence electrons. The summed E-state index contributed by atoms with van der Waals surface area (Å²) in [5.74, 6) is -0.0200. The number of fused-ring (bicyclic) bond motifs is 1. The van der Waals surface area contributed by atoms with Crippen LogP contribution in [0.2, 0.25) is 0 Å². The molecule has 1 aromatic carbocycles. The van der Waals surface area contributed by atoms with Crippen LogP contribution in [0.3, 0.4) is 0 Å². The Morgan fingerprint density at radius 3 is 2.63 bits per heavy atom. The molecular formula is C24H27N3O3. The van der Waals surface area contributed by atoms with Gasteiger partial charge in [0, 0.05) is 43.2 Å². The van der Waals surface area contributed by atoms with E-state index in [0.29, 0.717) is 37.6 Å². The third-order valence-corrected chi connectivity index (χ3v) is 5.70. The summed E-state index contributed by atoms with van der Waals surface area (Å²) in [7, 11) is 0. The number of allylic oxidation sites excluding steroid dienone is 1. The van der Waals surface area contributed by atoms with Crippen molar-refractivity contribution in [2.24, 2.45) is 0 Å². The maximum atomic E-state index is 13.3. The lowest BCUT2D eigenvalue weighted by molar-refractivity contribution is 0.0409. The van der Waals surface area contributed by atoms with Crippen LogP contribution in [0.15, 0.2) is 59.2 Å². The zero-order valence-electron chi connectivity index (χ0n) is 17.7. The molecule has 0 unspecified atom stereocenters. The number of amides is 2. The summed E-state index contributed by atoms with van der Waals surface area (Å²) in [6, 6.07) is 11.3. The standard InChI is InChI=1S/C24H27N3O3/c1-16(2)14-27-21(13-19-9-12-30-24(19)27)23(29)25-10-11-26(18(4)15-25)22(28)20-8-6-5-7-17(20)3/h5-9,12-13,18H,1,10-11,14-15H2,2-4H3/t18-/m1/s1. The first-order valence-electron chi connectivity index (χ1n) is 10.2. The zero-order chi connectivity index (χ0) is 21.4. The minimum atomic E-state index is -0.0673. The molecule has 1 aliphatic heterocycles. The number of rotatable bonds is 4. The van der Waals surface area contributed by atoms with Gasteiger partial charge in [-0.15, -0.1) is 0 Å². The van der Waals surface area contributed by atoms with Gasteiger partial charge in [0.05, 0.1) is 6.26 Å². The molecule has 0 saturated carbocycles. The van der Waals surface area contributed by atoms with E-state index in [9.17, 15) is 9.59 Å². The maximum absolute atomic E-state index is 13.3. The van der Waals surface area contributed by atoms with Crippen molar-refractivity contribution in [3.63, 3.8) is 0 Å². The molecule has 0 N–H and O–H groups in total. The van der Waals surface area contributed by atoms with Crippen LogP contribution < -0.4 is 0 Å². The molecule has 1 saturated heterocycles. The Balaban J connectivity index is 1.54. The quantitative estimate of drug-likeness (QED) is 0.614. The van der Waals surface area contributed by atoms with Crippen molar-refractivity contribution in [1.82, 2.24) is 14.4 Å². The Morgan fingerprint density at radius 1 is 1.17 bits per heavy atom. The summed E-state index contributed by atoms with van der Waals surface area (Å²) < 4.78 is 7.48. The predicted octanol–water partition coefficient (Wildman–Crippen LogP) is 4.11. The van der Waals surface area contributed by atoms with Gasteiger partial charge in [0.25, 0.3) is 11.8 Å². The Labute approximate surface area is 176 Å². The number of hydrogen-bond acceptors (Lipinski definition) is 3. The molecule has 0 aliphatic carbocycles. The molecule has 1 atom stereocenters. The number of hydrogen-bond donors (Lipinski definition) is 0. The van der Waals surface area contributed by atoms with Gasteiger partial charge in [-0.25, -0.2) is 0 Å². The van der Waals surface area contributed by atoms with Crippen LogP contribution in [-0.4, -0.2) is 51.9 Å². The zero-order valence-corrected chi connectivity index (χ0v) is 17.7. The summed E-state index contributed by atoms with van der Waals surface area (Å²) in [5.41, 5.74) is 3.91. The third kappa shape index (κ3) is 3.54. The van der Waals surface area contributed by atoms with E-state index in [0.717, 1.165) is 22.1 Å². The van der Waals surface area contributed by atoms with Crippen molar-refractivity contribution >= 4 is 22.9 Å². The first-order chi connectivity index (χ1) is 14.4. The topological polar surface area (TPSA) is 58.7 Å². The van der Waals surface area contributed by atoms with Crippen molar-refractivity contribution < 1.29 is 14.0 Å². The highest BCUT2D eigenvalue weighted by Crippen LogP contribution is 2.25. The molecular weight excluding hydrogens is 378 g/mol. The largest absolute Gasteiger partial charge is 0.448 e. The second kappa shape index (κ2) is 7.86. The highest BCUT2D eigenvalue weighted by atomic mass is 16.3. The molecule has 1 aliphatic rings. The average molecular weight is 405 g/mol. The molecule has 0 spiro atoms. The molecule has 6 nitrogen and oxygen atoms in total. The number of piperazine rings is 1. The van der Waals surface area contributed by atoms with Crippen molar-refractivity contribution in [3.8, 4) is 0 Å². The number of carbonyl (C=O) groups excluding carboxylic acids is 2. The van der Waals surface area contributed by atoms with Gasteiger partial charge in [-0.3, -0.25) is 9.59 Å². The molecule has 30 heavy (non-hydrogen) atoms. The van der Waals surface area contributed by atoms with Gasteiger partial charge in [-0.05, 0) is 44.5 Å². The number of aromatic nitrogens is 1. The van der Waals surface area contributed by atoms with Gasteiger partial charge in [0.2, 0.25) is 5.71 Å². The highest BCUT2D eigenvalue weighted by molar-refractivity contribution is 5.98. The number of carbonyl (C=O) groups is 2. The molecule has 0 radical (unpaired) electrons. The lowest BCUT2D eigenvalue weighted by atomic mass is 10.1. The van der Waals surface area contributed by atoms with Gasteiger partial charge < -0.3 is 18.8 Å². The summed E-state index contributed by atoms with van der Waals surface area (Å²) in [5, 5.41) is 0.904. The number of furan rings is 1. The van der Waals surface area contributed by atoms with Crippen molar-refractivity contribution in [3.05, 3.63) is 71.6 Å². The van der Waals surface area contributed by atoms with Crippen molar-refractivity contribution in [2.75, 3.05) is 19.6 Å². The smallest absolute Gasteiger partial charge is 0.270 e. The van der Waals surface area contributed by atoms with Crippen molar-refractivity contribution in [2.45, 2.75) is 33.4 Å². The van der Waals surface area contributed by atoms with Crippen LogP contribution in [0.25, 0.3) is 11.1 Å². The van der Waals surface area contributed by atoms with E-state index in [1.807, 2.05) is 71.5 Å². The van der Waals surface area contributed by atoms with Gasteiger partial charge >= 0.3 is 0 Å². The lowest BCUT2D eigenvalue weighted by Crippen LogP contribution is -2.55. The summed E-state index contributed by atoms with van der Waals surface area (Å²) >= 11 is 0. The predicted molar refractivity (Wildman–Crippen MR) is 117 cm³/mol. The minimum absolute atomic E-state index is 0.0240. The first kappa shape index (κ1) is 20.0. The molecule has 4 rings (SSSR count). The van der Waals surface area contributed by atoms with E-state index >= 15 is 0 Å². The molecule has 3 aromatic rings. The summed E-state index contributed by atoms with van der Waals surface area (Å²) in [6.45, 7) is 11.9. The fourth-order valence-corrected chi connectivity index (χ4v) is 4.15. The van der Waals surface area contributed by atoms with Gasteiger partial charge in [0.1, 0.15) is 5.69 Å². The van der Waals surface area contributed by atoms with E-state index in [2.05, 4.69) is 6.58 Å². The minimum Gasteiger partial charge on any atom is -0.448 e. The fourth-order valence-electron chi connectivity index (χ4n) is 4.15. The Hall–Kier alpha value is -3.28. The maximum Gasteiger partial charge on any atom is 0.270 e. The molecule has 1 fully saturated rings. The second-order valence-corrected chi connectivity index (χ2v) is 8.17. The molecule has 2 amide bonds. The SMILES string of the molecule is C=C(C)Cn1c(C(=O)N2CCN(C(=O)c3ccccc3C)[C@H](C)C2)cc2ccoc21. The number of nitrogens with zero attached hydrogens (tertiary/aromatic N) is 3. The molecule has 6 heteroatoms. The van der Waals surface area contributed by atoms with E-state index in [-0.39, 0.29) is 17.9 Å². The molecule has 2 aromatic heterocycles. The van der Waals surface area contributed by atoms with Crippen LogP contribution in [0, 0.1) is 6.92 Å². The van der Waals surface area contributed by atoms with Crippen LogP contribution in [-0.2, 0) is 6.54 Å². The third-order valence-electron chi connectivity index (χ3n) is 5.70. The van der Waals surface area contributed by atoms with Crippen LogP contribution in [0.5, 0.6) is 0 Å². The van der Waals surface area contributed by atoms with E-state index in [1.165, 1.54) is 0 Å². The van der Waals surface area contributed by atoms with Gasteiger partial charge in [-0.2, -0.15) is 0 Å². The fraction of sp³-hybridized carbons (Fsp3) is 0.333. The summed E-state index contributed by atoms with van der Waals surface area (Å²) in [6.07, 6.45) is 1.63. The average Bonchev–Trinajstić information content (AvgIpc) is 3.29. The lowest BCUT2D eigenvalue weighted by Gasteiger charge is -2.40. The molecule has 3 heterocycles. The Kier molecular flexibility index (Phi) is 5.24. The van der Waals surface area contributed by atoms with Gasteiger partial charge in [0.15, 0.2) is 0 Å². The van der Waals surface area contributed by atoms with Crippen LogP contribution >= 0.6 is 0 Å². The Bertz CT molecular complexity index is 1120. The second-order valence-electron chi connectivity index (χ2n) is 8.17. The van der Waals surface area contributed by atoms with Crippen molar-refractivity contribution in [1.29, 1.82) is 0 Å². The summed E-state index contributed by atoms with van der Waals surface area (Å²) in [4.78, 5) is 30.1.